The van der Waals surface area contributed by atoms with Crippen LogP contribution in [0.1, 0.15) is 26.7 Å². The minimum atomic E-state index is -0.147. The highest BCUT2D eigenvalue weighted by Crippen LogP contribution is 2.22. The van der Waals surface area contributed by atoms with Gasteiger partial charge in [-0.25, -0.2) is 0 Å². The van der Waals surface area contributed by atoms with Gasteiger partial charge in [0.25, 0.3) is 0 Å². The maximum absolute atomic E-state index is 9.78. The quantitative estimate of drug-likeness (QED) is 0.745. The van der Waals surface area contributed by atoms with Gasteiger partial charge in [-0.15, -0.1) is 11.8 Å². The van der Waals surface area contributed by atoms with Gasteiger partial charge < -0.3 is 5.11 Å². The van der Waals surface area contributed by atoms with Crippen molar-refractivity contribution in [2.45, 2.75) is 37.7 Å². The van der Waals surface area contributed by atoms with E-state index in [0.29, 0.717) is 5.92 Å². The molecule has 0 aliphatic heterocycles. The minimum absolute atomic E-state index is 0.147. The number of hydrogen-bond acceptors (Lipinski definition) is 2. The molecular weight excluding hydrogens is 204 g/mol. The summed E-state index contributed by atoms with van der Waals surface area (Å²) in [6.07, 6.45) is 1.82. The minimum Gasteiger partial charge on any atom is -0.393 e. The lowest BCUT2D eigenvalue weighted by Gasteiger charge is -2.17. The van der Waals surface area contributed by atoms with Crippen LogP contribution in [0.25, 0.3) is 0 Å². The number of hydrogen-bond donors (Lipinski definition) is 1. The van der Waals surface area contributed by atoms with Crippen LogP contribution in [0.3, 0.4) is 0 Å². The van der Waals surface area contributed by atoms with E-state index in [9.17, 15) is 5.11 Å². The predicted octanol–water partition coefficient (Wildman–Crippen LogP) is 3.58. The van der Waals surface area contributed by atoms with Crippen LogP contribution in [0.5, 0.6) is 0 Å². The number of rotatable bonds is 6. The van der Waals surface area contributed by atoms with Gasteiger partial charge in [0.2, 0.25) is 0 Å². The van der Waals surface area contributed by atoms with Crippen LogP contribution in [0.15, 0.2) is 35.2 Å². The Morgan fingerprint density at radius 3 is 2.53 bits per heavy atom. The Kier molecular flexibility index (Phi) is 5.81. The van der Waals surface area contributed by atoms with Crippen molar-refractivity contribution in [1.82, 2.24) is 0 Å². The lowest BCUT2D eigenvalue weighted by atomic mass is 10.0. The highest BCUT2D eigenvalue weighted by Gasteiger charge is 2.13. The maximum Gasteiger partial charge on any atom is 0.0573 e. The largest absolute Gasteiger partial charge is 0.393 e. The van der Waals surface area contributed by atoms with E-state index < -0.39 is 0 Å². The highest BCUT2D eigenvalue weighted by molar-refractivity contribution is 7.99. The lowest BCUT2D eigenvalue weighted by molar-refractivity contribution is 0.117. The summed E-state index contributed by atoms with van der Waals surface area (Å²) in [7, 11) is 0. The second-order valence-electron chi connectivity index (χ2n) is 3.96. The summed E-state index contributed by atoms with van der Waals surface area (Å²) in [6.45, 7) is 4.23. The van der Waals surface area contributed by atoms with Crippen LogP contribution in [0, 0.1) is 5.92 Å². The van der Waals surface area contributed by atoms with Crippen molar-refractivity contribution in [3.8, 4) is 0 Å². The summed E-state index contributed by atoms with van der Waals surface area (Å²) in [5, 5.41) is 9.78. The number of benzene rings is 1. The molecule has 0 spiro atoms. The molecule has 0 aliphatic rings. The Morgan fingerprint density at radius 2 is 1.93 bits per heavy atom. The summed E-state index contributed by atoms with van der Waals surface area (Å²) < 4.78 is 0. The van der Waals surface area contributed by atoms with Gasteiger partial charge in [-0.05, 0) is 24.5 Å². The van der Waals surface area contributed by atoms with Crippen LogP contribution < -0.4 is 0 Å². The first-order valence-corrected chi connectivity index (χ1v) is 6.58. The number of thioether (sulfide) groups is 1. The summed E-state index contributed by atoms with van der Waals surface area (Å²) >= 11 is 1.82. The topological polar surface area (TPSA) is 20.2 Å². The molecule has 0 amide bonds. The Morgan fingerprint density at radius 1 is 1.27 bits per heavy atom. The monoisotopic (exact) mass is 224 g/mol. The van der Waals surface area contributed by atoms with E-state index in [2.05, 4.69) is 38.1 Å². The molecule has 84 valence electrons. The second-order valence-corrected chi connectivity index (χ2v) is 5.05. The van der Waals surface area contributed by atoms with Gasteiger partial charge >= 0.3 is 0 Å². The molecule has 0 saturated carbocycles. The van der Waals surface area contributed by atoms with Gasteiger partial charge in [0, 0.05) is 10.6 Å². The smallest absolute Gasteiger partial charge is 0.0573 e. The van der Waals surface area contributed by atoms with Crippen LogP contribution in [0.4, 0.5) is 0 Å². The van der Waals surface area contributed by atoms with Crippen LogP contribution in [0.2, 0.25) is 0 Å². The Hall–Kier alpha value is -0.470. The molecule has 15 heavy (non-hydrogen) atoms. The molecule has 1 nitrogen and oxygen atoms in total. The molecule has 0 heterocycles. The van der Waals surface area contributed by atoms with E-state index in [4.69, 9.17) is 0 Å². The second kappa shape index (κ2) is 6.91. The van der Waals surface area contributed by atoms with E-state index in [1.165, 1.54) is 4.90 Å². The van der Waals surface area contributed by atoms with Crippen molar-refractivity contribution in [1.29, 1.82) is 0 Å². The Labute approximate surface area is 96.9 Å². The molecule has 0 aliphatic carbocycles. The van der Waals surface area contributed by atoms with Gasteiger partial charge in [0.05, 0.1) is 6.10 Å². The molecule has 0 aromatic heterocycles. The molecule has 0 radical (unpaired) electrons. The van der Waals surface area contributed by atoms with Crippen molar-refractivity contribution < 1.29 is 5.11 Å². The molecule has 2 atom stereocenters. The average molecular weight is 224 g/mol. The molecule has 1 N–H and O–H groups in total. The van der Waals surface area contributed by atoms with Gasteiger partial charge in [-0.3, -0.25) is 0 Å². The normalized spacial score (nSPS) is 14.9. The van der Waals surface area contributed by atoms with Crippen molar-refractivity contribution in [3.63, 3.8) is 0 Å². The van der Waals surface area contributed by atoms with Gasteiger partial charge in [0.1, 0.15) is 0 Å². The number of aliphatic hydroxyl groups is 1. The first kappa shape index (κ1) is 12.6. The molecule has 1 aromatic rings. The van der Waals surface area contributed by atoms with Gasteiger partial charge in [0.15, 0.2) is 0 Å². The molecule has 1 aromatic carbocycles. The van der Waals surface area contributed by atoms with Crippen molar-refractivity contribution >= 4 is 11.8 Å². The first-order valence-electron chi connectivity index (χ1n) is 5.60. The SMILES string of the molecule is CCC[C@@H](O)[C@@H](C)CSc1ccccc1. The van der Waals surface area contributed by atoms with Crippen molar-refractivity contribution in [3.05, 3.63) is 30.3 Å². The van der Waals surface area contributed by atoms with Crippen molar-refractivity contribution in [2.75, 3.05) is 5.75 Å². The first-order chi connectivity index (χ1) is 7.24. The highest BCUT2D eigenvalue weighted by atomic mass is 32.2. The van der Waals surface area contributed by atoms with E-state index in [1.54, 1.807) is 0 Å². The van der Waals surface area contributed by atoms with E-state index in [1.807, 2.05) is 17.8 Å². The zero-order valence-electron chi connectivity index (χ0n) is 9.52. The third-order valence-corrected chi connectivity index (χ3v) is 3.80. The molecular formula is C13H20OS. The van der Waals surface area contributed by atoms with E-state index in [0.717, 1.165) is 18.6 Å². The third-order valence-electron chi connectivity index (χ3n) is 2.50. The summed E-state index contributed by atoms with van der Waals surface area (Å²) in [4.78, 5) is 1.29. The molecule has 1 rings (SSSR count). The summed E-state index contributed by atoms with van der Waals surface area (Å²) in [5.41, 5.74) is 0. The Bertz CT molecular complexity index is 260. The molecule has 0 fully saturated rings. The zero-order chi connectivity index (χ0) is 11.1. The lowest BCUT2D eigenvalue weighted by Crippen LogP contribution is -2.19. The predicted molar refractivity (Wildman–Crippen MR) is 67.2 cm³/mol. The van der Waals surface area contributed by atoms with Crippen LogP contribution in [-0.2, 0) is 0 Å². The van der Waals surface area contributed by atoms with Gasteiger partial charge in [-0.2, -0.15) is 0 Å². The fourth-order valence-electron chi connectivity index (χ4n) is 1.44. The third kappa shape index (κ3) is 4.72. The average Bonchev–Trinajstić information content (AvgIpc) is 2.27. The maximum atomic E-state index is 9.78. The van der Waals surface area contributed by atoms with Crippen molar-refractivity contribution in [2.24, 2.45) is 5.92 Å². The molecule has 2 heteroatoms. The standard InChI is InChI=1S/C13H20OS/c1-3-7-13(14)11(2)10-15-12-8-5-4-6-9-12/h4-6,8-9,11,13-14H,3,7,10H2,1-2H3/t11-,13+/m0/s1. The Balaban J connectivity index is 2.31. The molecule has 0 saturated heterocycles. The summed E-state index contributed by atoms with van der Waals surface area (Å²) in [6, 6.07) is 10.4. The fraction of sp³-hybridized carbons (Fsp3) is 0.538. The molecule has 0 unspecified atom stereocenters. The van der Waals surface area contributed by atoms with Crippen LogP contribution >= 0.6 is 11.8 Å². The molecule has 0 bridgehead atoms. The summed E-state index contributed by atoms with van der Waals surface area (Å²) in [5.74, 6) is 1.36. The fourth-order valence-corrected chi connectivity index (χ4v) is 2.46. The van der Waals surface area contributed by atoms with Gasteiger partial charge in [-0.1, -0.05) is 38.5 Å². The van der Waals surface area contributed by atoms with E-state index >= 15 is 0 Å². The van der Waals surface area contributed by atoms with E-state index in [-0.39, 0.29) is 6.10 Å². The zero-order valence-corrected chi connectivity index (χ0v) is 10.3. The van der Waals surface area contributed by atoms with Crippen LogP contribution in [-0.4, -0.2) is 17.0 Å². The number of aliphatic hydroxyl groups excluding tert-OH is 1.